The predicted molar refractivity (Wildman–Crippen MR) is 73.1 cm³/mol. The number of nitrogens with one attached hydrogen (secondary N) is 1. The zero-order chi connectivity index (χ0) is 12.7. The highest BCUT2D eigenvalue weighted by molar-refractivity contribution is 5.11. The first-order valence-electron chi connectivity index (χ1n) is 6.45. The zero-order valence-corrected chi connectivity index (χ0v) is 11.5. The topological polar surface area (TPSA) is 29.9 Å². The third-order valence-electron chi connectivity index (χ3n) is 2.63. The summed E-state index contributed by atoms with van der Waals surface area (Å²) >= 11 is 0. The van der Waals surface area contributed by atoms with Crippen LogP contribution in [0, 0.1) is 12.8 Å². The minimum Gasteiger partial charge on any atom is -0.316 e. The molecule has 0 aliphatic rings. The standard InChI is InChI=1S/C14H25N3/c1-12(2)11-15-9-7-5-6-8-14-10-13(3)16-17(14)4/h5-6,10,12,15H,7-9,11H2,1-4H3. The molecule has 1 rings (SSSR count). The van der Waals surface area contributed by atoms with E-state index in [-0.39, 0.29) is 0 Å². The van der Waals surface area contributed by atoms with Gasteiger partial charge in [0.15, 0.2) is 0 Å². The third kappa shape index (κ3) is 5.68. The Morgan fingerprint density at radius 1 is 1.41 bits per heavy atom. The van der Waals surface area contributed by atoms with E-state index in [1.165, 1.54) is 5.69 Å². The zero-order valence-electron chi connectivity index (χ0n) is 11.5. The highest BCUT2D eigenvalue weighted by atomic mass is 15.3. The van der Waals surface area contributed by atoms with Gasteiger partial charge in [0.05, 0.1) is 5.69 Å². The molecule has 1 aromatic heterocycles. The number of allylic oxidation sites excluding steroid dienone is 1. The van der Waals surface area contributed by atoms with Crippen molar-refractivity contribution in [1.29, 1.82) is 0 Å². The van der Waals surface area contributed by atoms with Gasteiger partial charge in [-0.2, -0.15) is 5.10 Å². The van der Waals surface area contributed by atoms with E-state index in [1.807, 2.05) is 18.7 Å². The van der Waals surface area contributed by atoms with E-state index in [1.54, 1.807) is 0 Å². The summed E-state index contributed by atoms with van der Waals surface area (Å²) in [6, 6.07) is 2.14. The van der Waals surface area contributed by atoms with Crippen LogP contribution < -0.4 is 5.32 Å². The molecule has 0 bridgehead atoms. The van der Waals surface area contributed by atoms with Crippen LogP contribution in [0.2, 0.25) is 0 Å². The normalized spacial score (nSPS) is 11.8. The molecule has 0 saturated carbocycles. The molecule has 1 N–H and O–H groups in total. The molecule has 17 heavy (non-hydrogen) atoms. The number of aryl methyl sites for hydroxylation is 2. The lowest BCUT2D eigenvalue weighted by atomic mass is 10.2. The maximum Gasteiger partial charge on any atom is 0.0596 e. The highest BCUT2D eigenvalue weighted by Crippen LogP contribution is 2.03. The Hall–Kier alpha value is -1.09. The SMILES string of the molecule is Cc1cc(CC=CCCNCC(C)C)n(C)n1. The molecule has 0 fully saturated rings. The quantitative estimate of drug-likeness (QED) is 0.581. The maximum absolute atomic E-state index is 4.33. The molecule has 3 heteroatoms. The molecule has 0 aromatic carbocycles. The summed E-state index contributed by atoms with van der Waals surface area (Å²) in [6.45, 7) is 8.66. The summed E-state index contributed by atoms with van der Waals surface area (Å²) in [7, 11) is 2.00. The number of aromatic nitrogens is 2. The van der Waals surface area contributed by atoms with Crippen molar-refractivity contribution in [2.75, 3.05) is 13.1 Å². The van der Waals surface area contributed by atoms with Gasteiger partial charge in [-0.15, -0.1) is 0 Å². The molecule has 1 aromatic rings. The Labute approximate surface area is 105 Å². The maximum atomic E-state index is 4.33. The molecule has 0 aliphatic carbocycles. The number of nitrogens with zero attached hydrogens (tertiary/aromatic N) is 2. The summed E-state index contributed by atoms with van der Waals surface area (Å²) in [4.78, 5) is 0. The molecule has 0 saturated heterocycles. The van der Waals surface area contributed by atoms with Crippen molar-refractivity contribution in [3.05, 3.63) is 29.6 Å². The van der Waals surface area contributed by atoms with Crippen molar-refractivity contribution in [3.63, 3.8) is 0 Å². The van der Waals surface area contributed by atoms with Crippen molar-refractivity contribution in [2.45, 2.75) is 33.6 Å². The molecule has 0 amide bonds. The van der Waals surface area contributed by atoms with Gasteiger partial charge in [-0.05, 0) is 38.4 Å². The van der Waals surface area contributed by atoms with Gasteiger partial charge < -0.3 is 5.32 Å². The van der Waals surface area contributed by atoms with E-state index < -0.39 is 0 Å². The predicted octanol–water partition coefficient (Wildman–Crippen LogP) is 2.46. The average molecular weight is 235 g/mol. The number of rotatable bonds is 7. The largest absolute Gasteiger partial charge is 0.316 e. The second-order valence-corrected chi connectivity index (χ2v) is 4.96. The first kappa shape index (κ1) is 14.0. The lowest BCUT2D eigenvalue weighted by molar-refractivity contribution is 0.556. The number of hydrogen-bond donors (Lipinski definition) is 1. The summed E-state index contributed by atoms with van der Waals surface area (Å²) in [5, 5.41) is 7.76. The fourth-order valence-electron chi connectivity index (χ4n) is 1.75. The molecule has 96 valence electrons. The van der Waals surface area contributed by atoms with Gasteiger partial charge in [0, 0.05) is 19.2 Å². The fraction of sp³-hybridized carbons (Fsp3) is 0.643. The second kappa shape index (κ2) is 7.28. The highest BCUT2D eigenvalue weighted by Gasteiger charge is 1.98. The van der Waals surface area contributed by atoms with Crippen molar-refractivity contribution < 1.29 is 0 Å². The number of hydrogen-bond acceptors (Lipinski definition) is 2. The summed E-state index contributed by atoms with van der Waals surface area (Å²) in [6.07, 6.45) is 6.55. The van der Waals surface area contributed by atoms with Crippen LogP contribution in [-0.4, -0.2) is 22.9 Å². The second-order valence-electron chi connectivity index (χ2n) is 4.96. The van der Waals surface area contributed by atoms with Gasteiger partial charge in [0.2, 0.25) is 0 Å². The Morgan fingerprint density at radius 2 is 2.18 bits per heavy atom. The Balaban J connectivity index is 2.16. The van der Waals surface area contributed by atoms with Crippen LogP contribution in [0.15, 0.2) is 18.2 Å². The fourth-order valence-corrected chi connectivity index (χ4v) is 1.75. The van der Waals surface area contributed by atoms with Crippen LogP contribution in [0.3, 0.4) is 0 Å². The van der Waals surface area contributed by atoms with Gasteiger partial charge in [-0.25, -0.2) is 0 Å². The van der Waals surface area contributed by atoms with Gasteiger partial charge in [0.1, 0.15) is 0 Å². The van der Waals surface area contributed by atoms with E-state index in [4.69, 9.17) is 0 Å². The lowest BCUT2D eigenvalue weighted by Gasteiger charge is -2.04. The van der Waals surface area contributed by atoms with Crippen molar-refractivity contribution in [3.8, 4) is 0 Å². The van der Waals surface area contributed by atoms with Crippen molar-refractivity contribution in [1.82, 2.24) is 15.1 Å². The minimum absolute atomic E-state index is 0.733. The molecule has 3 nitrogen and oxygen atoms in total. The molecular weight excluding hydrogens is 210 g/mol. The summed E-state index contributed by atoms with van der Waals surface area (Å²) in [5.74, 6) is 0.733. The van der Waals surface area contributed by atoms with Gasteiger partial charge in [0.25, 0.3) is 0 Å². The van der Waals surface area contributed by atoms with Crippen molar-refractivity contribution in [2.24, 2.45) is 13.0 Å². The molecule has 0 unspecified atom stereocenters. The van der Waals surface area contributed by atoms with Crippen LogP contribution in [0.25, 0.3) is 0 Å². The van der Waals surface area contributed by atoms with E-state index in [2.05, 4.69) is 42.5 Å². The lowest BCUT2D eigenvalue weighted by Crippen LogP contribution is -2.20. The molecular formula is C14H25N3. The van der Waals surface area contributed by atoms with E-state index in [9.17, 15) is 0 Å². The molecule has 1 heterocycles. The minimum atomic E-state index is 0.733. The first-order valence-corrected chi connectivity index (χ1v) is 6.45. The molecule has 0 atom stereocenters. The first-order chi connectivity index (χ1) is 8.09. The summed E-state index contributed by atoms with van der Waals surface area (Å²) in [5.41, 5.74) is 2.36. The summed E-state index contributed by atoms with van der Waals surface area (Å²) < 4.78 is 1.96. The Bertz CT molecular complexity index is 350. The average Bonchev–Trinajstić information content (AvgIpc) is 2.55. The van der Waals surface area contributed by atoms with Crippen LogP contribution in [0.5, 0.6) is 0 Å². The van der Waals surface area contributed by atoms with Crippen LogP contribution in [-0.2, 0) is 13.5 Å². The Kier molecular flexibility index (Phi) is 5.98. The smallest absolute Gasteiger partial charge is 0.0596 e. The van der Waals surface area contributed by atoms with Crippen LogP contribution >= 0.6 is 0 Å². The van der Waals surface area contributed by atoms with Crippen molar-refractivity contribution >= 4 is 0 Å². The van der Waals surface area contributed by atoms with Crippen LogP contribution in [0.4, 0.5) is 0 Å². The Morgan fingerprint density at radius 3 is 2.76 bits per heavy atom. The van der Waals surface area contributed by atoms with Gasteiger partial charge in [-0.1, -0.05) is 26.0 Å². The van der Waals surface area contributed by atoms with Gasteiger partial charge in [-0.3, -0.25) is 4.68 Å². The third-order valence-corrected chi connectivity index (χ3v) is 2.63. The van der Waals surface area contributed by atoms with Crippen LogP contribution in [0.1, 0.15) is 31.7 Å². The molecule has 0 spiro atoms. The molecule has 0 radical (unpaired) electrons. The van der Waals surface area contributed by atoms with E-state index >= 15 is 0 Å². The van der Waals surface area contributed by atoms with E-state index in [0.717, 1.165) is 37.5 Å². The monoisotopic (exact) mass is 235 g/mol. The molecule has 0 aliphatic heterocycles. The van der Waals surface area contributed by atoms with Gasteiger partial charge >= 0.3 is 0 Å². The van der Waals surface area contributed by atoms with E-state index in [0.29, 0.717) is 0 Å².